The van der Waals surface area contributed by atoms with Crippen molar-refractivity contribution in [1.29, 1.82) is 0 Å². The fourth-order valence-corrected chi connectivity index (χ4v) is 3.62. The lowest BCUT2D eigenvalue weighted by Gasteiger charge is -2.04. The van der Waals surface area contributed by atoms with Crippen molar-refractivity contribution in [1.82, 2.24) is 20.4 Å². The molecule has 2 aromatic heterocycles. The number of amides is 1. The van der Waals surface area contributed by atoms with Crippen LogP contribution in [0.4, 0.5) is 0 Å². The second-order valence-electron chi connectivity index (χ2n) is 5.95. The van der Waals surface area contributed by atoms with E-state index in [4.69, 9.17) is 4.52 Å². The Hall–Kier alpha value is -2.28. The van der Waals surface area contributed by atoms with Crippen molar-refractivity contribution >= 4 is 28.7 Å². The predicted molar refractivity (Wildman–Crippen MR) is 99.6 cm³/mol. The lowest BCUT2D eigenvalue weighted by atomic mass is 10.2. The summed E-state index contributed by atoms with van der Waals surface area (Å²) in [6.07, 6.45) is 1.68. The van der Waals surface area contributed by atoms with E-state index in [9.17, 15) is 4.79 Å². The van der Waals surface area contributed by atoms with Gasteiger partial charge < -0.3 is 14.8 Å². The second kappa shape index (κ2) is 8.20. The van der Waals surface area contributed by atoms with Crippen LogP contribution in [0, 0.1) is 13.8 Å². The summed E-state index contributed by atoms with van der Waals surface area (Å²) in [6, 6.07) is 7.98. The molecule has 2 N–H and O–H groups in total. The van der Waals surface area contributed by atoms with Gasteiger partial charge in [-0.05, 0) is 32.4 Å². The molecular weight excluding hydrogens is 336 g/mol. The van der Waals surface area contributed by atoms with Gasteiger partial charge in [0.2, 0.25) is 5.91 Å². The molecule has 0 fully saturated rings. The van der Waals surface area contributed by atoms with Crippen molar-refractivity contribution < 1.29 is 9.32 Å². The Morgan fingerprint density at radius 1 is 1.32 bits per heavy atom. The average molecular weight is 358 g/mol. The van der Waals surface area contributed by atoms with E-state index in [1.54, 1.807) is 11.8 Å². The zero-order valence-electron chi connectivity index (χ0n) is 14.5. The van der Waals surface area contributed by atoms with Gasteiger partial charge in [0.25, 0.3) is 0 Å². The summed E-state index contributed by atoms with van der Waals surface area (Å²) in [5, 5.41) is 6.88. The Labute approximate surface area is 150 Å². The number of aromatic amines is 1. The molecule has 3 rings (SSSR count). The van der Waals surface area contributed by atoms with Gasteiger partial charge in [-0.1, -0.05) is 17.3 Å². The first-order valence-electron chi connectivity index (χ1n) is 8.33. The molecule has 0 aliphatic carbocycles. The number of benzene rings is 1. The molecule has 0 unspecified atom stereocenters. The number of imidazole rings is 1. The number of fused-ring (bicyclic) bond motifs is 1. The molecule has 0 aliphatic rings. The molecule has 1 aromatic carbocycles. The SMILES string of the molecule is Cc1noc(C)c1CSCC(=O)NCCCc1nc2ccccc2[nH]1. The number of nitrogens with zero attached hydrogens (tertiary/aromatic N) is 2. The first-order chi connectivity index (χ1) is 12.1. The van der Waals surface area contributed by atoms with Crippen molar-refractivity contribution in [2.24, 2.45) is 0 Å². The van der Waals surface area contributed by atoms with E-state index >= 15 is 0 Å². The molecule has 7 heteroatoms. The number of hydrogen-bond acceptors (Lipinski definition) is 5. The predicted octanol–water partition coefficient (Wildman–Crippen LogP) is 3.15. The van der Waals surface area contributed by atoms with Crippen LogP contribution in [0.25, 0.3) is 11.0 Å². The molecule has 1 amide bonds. The zero-order chi connectivity index (χ0) is 17.6. The highest BCUT2D eigenvalue weighted by Gasteiger charge is 2.10. The first kappa shape index (κ1) is 17.5. The molecule has 0 atom stereocenters. The number of rotatable bonds is 8. The molecule has 2 heterocycles. The van der Waals surface area contributed by atoms with E-state index in [0.29, 0.717) is 12.3 Å². The average Bonchev–Trinajstić information content (AvgIpc) is 3.16. The van der Waals surface area contributed by atoms with Crippen LogP contribution in [0.3, 0.4) is 0 Å². The third-order valence-electron chi connectivity index (χ3n) is 4.01. The van der Waals surface area contributed by atoms with Crippen LogP contribution in [-0.2, 0) is 17.0 Å². The third kappa shape index (κ3) is 4.63. The normalized spacial score (nSPS) is 11.1. The van der Waals surface area contributed by atoms with E-state index in [2.05, 4.69) is 20.4 Å². The standard InChI is InChI=1S/C18H22N4O2S/c1-12-14(13(2)24-22-12)10-25-11-18(23)19-9-5-8-17-20-15-6-3-4-7-16(15)21-17/h3-4,6-7H,5,8-11H2,1-2H3,(H,19,23)(H,20,21). The van der Waals surface area contributed by atoms with Gasteiger partial charge in [0.15, 0.2) is 0 Å². The molecule has 3 aromatic rings. The highest BCUT2D eigenvalue weighted by molar-refractivity contribution is 7.99. The van der Waals surface area contributed by atoms with E-state index < -0.39 is 0 Å². The number of H-pyrrole nitrogens is 1. The molecule has 0 saturated heterocycles. The van der Waals surface area contributed by atoms with Gasteiger partial charge in [0, 0.05) is 24.3 Å². The number of para-hydroxylation sites is 2. The van der Waals surface area contributed by atoms with Crippen LogP contribution in [0.1, 0.15) is 29.3 Å². The lowest BCUT2D eigenvalue weighted by Crippen LogP contribution is -2.26. The van der Waals surface area contributed by atoms with Crippen molar-refractivity contribution in [3.63, 3.8) is 0 Å². The summed E-state index contributed by atoms with van der Waals surface area (Å²) in [5.74, 6) is 3.03. The molecule has 0 bridgehead atoms. The fraction of sp³-hybridized carbons (Fsp3) is 0.389. The smallest absolute Gasteiger partial charge is 0.230 e. The number of hydrogen-bond donors (Lipinski definition) is 2. The van der Waals surface area contributed by atoms with Gasteiger partial charge in [0.05, 0.1) is 22.5 Å². The van der Waals surface area contributed by atoms with Gasteiger partial charge in [0.1, 0.15) is 11.6 Å². The maximum atomic E-state index is 11.9. The molecule has 0 spiro atoms. The minimum absolute atomic E-state index is 0.0568. The highest BCUT2D eigenvalue weighted by Crippen LogP contribution is 2.19. The minimum Gasteiger partial charge on any atom is -0.361 e. The topological polar surface area (TPSA) is 83.8 Å². The second-order valence-corrected chi connectivity index (χ2v) is 6.94. The highest BCUT2D eigenvalue weighted by atomic mass is 32.2. The third-order valence-corrected chi connectivity index (χ3v) is 4.97. The number of thioether (sulfide) groups is 1. The van der Waals surface area contributed by atoms with E-state index in [1.165, 1.54) is 0 Å². The molecule has 25 heavy (non-hydrogen) atoms. The molecule has 0 saturated carbocycles. The van der Waals surface area contributed by atoms with E-state index in [1.807, 2.05) is 38.1 Å². The minimum atomic E-state index is 0.0568. The summed E-state index contributed by atoms with van der Waals surface area (Å²) in [7, 11) is 0. The zero-order valence-corrected chi connectivity index (χ0v) is 15.3. The van der Waals surface area contributed by atoms with E-state index in [-0.39, 0.29) is 5.91 Å². The Balaban J connectivity index is 1.34. The Kier molecular flexibility index (Phi) is 5.75. The maximum Gasteiger partial charge on any atom is 0.230 e. The van der Waals surface area contributed by atoms with E-state index in [0.717, 1.165) is 52.5 Å². The Morgan fingerprint density at radius 2 is 2.16 bits per heavy atom. The summed E-state index contributed by atoms with van der Waals surface area (Å²) in [6.45, 7) is 4.47. The van der Waals surface area contributed by atoms with Gasteiger partial charge in [-0.15, -0.1) is 11.8 Å². The Morgan fingerprint density at radius 3 is 2.92 bits per heavy atom. The van der Waals surface area contributed by atoms with Crippen molar-refractivity contribution in [2.75, 3.05) is 12.3 Å². The number of aryl methyl sites for hydroxylation is 3. The maximum absolute atomic E-state index is 11.9. The fourth-order valence-electron chi connectivity index (χ4n) is 2.61. The summed E-state index contributed by atoms with van der Waals surface area (Å²) in [5.41, 5.74) is 4.02. The summed E-state index contributed by atoms with van der Waals surface area (Å²) < 4.78 is 5.12. The number of nitrogens with one attached hydrogen (secondary N) is 2. The van der Waals surface area contributed by atoms with Crippen molar-refractivity contribution in [3.8, 4) is 0 Å². The van der Waals surface area contributed by atoms with Crippen molar-refractivity contribution in [2.45, 2.75) is 32.4 Å². The molecule has 6 nitrogen and oxygen atoms in total. The van der Waals surface area contributed by atoms with Crippen LogP contribution in [0.2, 0.25) is 0 Å². The number of carbonyl (C=O) groups excluding carboxylic acids is 1. The van der Waals surface area contributed by atoms with Crippen LogP contribution >= 0.6 is 11.8 Å². The Bertz CT molecular complexity index is 803. The molecule has 0 aliphatic heterocycles. The number of carbonyl (C=O) groups is 1. The van der Waals surface area contributed by atoms with Gasteiger partial charge in [-0.2, -0.15) is 0 Å². The van der Waals surface area contributed by atoms with Crippen LogP contribution in [0.5, 0.6) is 0 Å². The van der Waals surface area contributed by atoms with Gasteiger partial charge in [-0.25, -0.2) is 4.98 Å². The van der Waals surface area contributed by atoms with Crippen LogP contribution in [0.15, 0.2) is 28.8 Å². The largest absolute Gasteiger partial charge is 0.361 e. The van der Waals surface area contributed by atoms with Crippen molar-refractivity contribution in [3.05, 3.63) is 47.1 Å². The summed E-state index contributed by atoms with van der Waals surface area (Å²) >= 11 is 1.57. The van der Waals surface area contributed by atoms with Crippen LogP contribution in [-0.4, -0.2) is 33.3 Å². The number of aromatic nitrogens is 3. The molecular formula is C18H22N4O2S. The van der Waals surface area contributed by atoms with Gasteiger partial charge in [-0.3, -0.25) is 4.79 Å². The monoisotopic (exact) mass is 358 g/mol. The molecule has 0 radical (unpaired) electrons. The molecule has 132 valence electrons. The quantitative estimate of drug-likeness (QED) is 0.604. The van der Waals surface area contributed by atoms with Crippen LogP contribution < -0.4 is 5.32 Å². The van der Waals surface area contributed by atoms with Gasteiger partial charge >= 0.3 is 0 Å². The first-order valence-corrected chi connectivity index (χ1v) is 9.49. The lowest BCUT2D eigenvalue weighted by molar-refractivity contribution is -0.118. The summed E-state index contributed by atoms with van der Waals surface area (Å²) in [4.78, 5) is 19.7.